The molecule has 0 radical (unpaired) electrons. The van der Waals surface area contributed by atoms with Crippen LogP contribution in [0.2, 0.25) is 5.02 Å². The van der Waals surface area contributed by atoms with E-state index in [9.17, 15) is 8.42 Å². The van der Waals surface area contributed by atoms with Crippen LogP contribution in [0, 0.1) is 5.92 Å². The van der Waals surface area contributed by atoms with E-state index in [1.165, 1.54) is 6.07 Å². The summed E-state index contributed by atoms with van der Waals surface area (Å²) in [6, 6.07) is 6.20. The van der Waals surface area contributed by atoms with Gasteiger partial charge in [0.15, 0.2) is 0 Å². The lowest BCUT2D eigenvalue weighted by Crippen LogP contribution is -2.38. The van der Waals surface area contributed by atoms with E-state index in [2.05, 4.69) is 4.72 Å². The molecule has 0 amide bonds. The Labute approximate surface area is 119 Å². The van der Waals surface area contributed by atoms with E-state index in [1.807, 2.05) is 13.8 Å². The van der Waals surface area contributed by atoms with E-state index >= 15 is 0 Å². The first-order chi connectivity index (χ1) is 8.38. The summed E-state index contributed by atoms with van der Waals surface area (Å²) in [6.45, 7) is 3.90. The van der Waals surface area contributed by atoms with Crippen LogP contribution in [-0.4, -0.2) is 20.3 Å². The van der Waals surface area contributed by atoms with Gasteiger partial charge in [-0.3, -0.25) is 0 Å². The molecule has 0 aliphatic carbocycles. The topological polar surface area (TPSA) is 46.2 Å². The molecule has 0 spiro atoms. The average Bonchev–Trinajstić information content (AvgIpc) is 2.28. The quantitative estimate of drug-likeness (QED) is 0.820. The van der Waals surface area contributed by atoms with Crippen molar-refractivity contribution >= 4 is 33.2 Å². The molecule has 0 saturated heterocycles. The second kappa shape index (κ2) is 6.75. The van der Waals surface area contributed by atoms with Gasteiger partial charge in [0.2, 0.25) is 10.0 Å². The Morgan fingerprint density at radius 1 is 1.28 bits per heavy atom. The smallest absolute Gasteiger partial charge is 0.208 e. The first kappa shape index (κ1) is 15.8. The molecule has 18 heavy (non-hydrogen) atoms. The van der Waals surface area contributed by atoms with Crippen molar-refractivity contribution in [3.63, 3.8) is 0 Å². The molecule has 1 atom stereocenters. The molecule has 1 N–H and O–H groups in total. The normalized spacial score (nSPS) is 13.8. The van der Waals surface area contributed by atoms with E-state index in [1.54, 1.807) is 18.2 Å². The number of hydrogen-bond acceptors (Lipinski definition) is 2. The van der Waals surface area contributed by atoms with Gasteiger partial charge in [-0.05, 0) is 24.5 Å². The molecule has 1 rings (SSSR count). The summed E-state index contributed by atoms with van der Waals surface area (Å²) in [5, 5.41) is 0.221. The van der Waals surface area contributed by atoms with Gasteiger partial charge in [0.05, 0.1) is 5.02 Å². The van der Waals surface area contributed by atoms with Gasteiger partial charge in [0.1, 0.15) is 4.90 Å². The van der Waals surface area contributed by atoms with Crippen LogP contribution in [0.15, 0.2) is 29.2 Å². The maximum atomic E-state index is 12.2. The molecule has 3 nitrogen and oxygen atoms in total. The van der Waals surface area contributed by atoms with Crippen molar-refractivity contribution in [2.75, 3.05) is 5.88 Å². The van der Waals surface area contributed by atoms with Crippen LogP contribution in [0.3, 0.4) is 0 Å². The number of halogens is 2. The first-order valence-electron chi connectivity index (χ1n) is 5.71. The van der Waals surface area contributed by atoms with Gasteiger partial charge in [-0.15, -0.1) is 11.6 Å². The number of sulfonamides is 1. The monoisotopic (exact) mass is 309 g/mol. The highest BCUT2D eigenvalue weighted by atomic mass is 35.5. The number of rotatable bonds is 6. The summed E-state index contributed by atoms with van der Waals surface area (Å²) in [4.78, 5) is 0.104. The van der Waals surface area contributed by atoms with Gasteiger partial charge in [-0.2, -0.15) is 0 Å². The molecule has 0 aliphatic rings. The lowest BCUT2D eigenvalue weighted by molar-refractivity contribution is 0.439. The zero-order chi connectivity index (χ0) is 13.8. The van der Waals surface area contributed by atoms with Crippen LogP contribution in [0.25, 0.3) is 0 Å². The van der Waals surface area contributed by atoms with Gasteiger partial charge in [0.25, 0.3) is 0 Å². The summed E-state index contributed by atoms with van der Waals surface area (Å²) in [5.74, 6) is 0.578. The fourth-order valence-electron chi connectivity index (χ4n) is 1.57. The fraction of sp³-hybridized carbons (Fsp3) is 0.500. The number of alkyl halides is 1. The van der Waals surface area contributed by atoms with Crippen molar-refractivity contribution in [3.05, 3.63) is 29.3 Å². The van der Waals surface area contributed by atoms with Gasteiger partial charge in [-0.1, -0.05) is 37.6 Å². The molecule has 0 fully saturated rings. The summed E-state index contributed by atoms with van der Waals surface area (Å²) in [5.41, 5.74) is 0. The van der Waals surface area contributed by atoms with Crippen LogP contribution >= 0.6 is 23.2 Å². The Kier molecular flexibility index (Phi) is 5.92. The zero-order valence-electron chi connectivity index (χ0n) is 10.4. The highest BCUT2D eigenvalue weighted by molar-refractivity contribution is 7.89. The Hall–Kier alpha value is -0.290. The fourth-order valence-corrected chi connectivity index (χ4v) is 3.74. The molecule has 0 saturated carbocycles. The Morgan fingerprint density at radius 2 is 1.89 bits per heavy atom. The van der Waals surface area contributed by atoms with E-state index in [0.717, 1.165) is 0 Å². The number of nitrogens with one attached hydrogen (secondary N) is 1. The van der Waals surface area contributed by atoms with Crippen molar-refractivity contribution in [2.45, 2.75) is 31.2 Å². The second-order valence-electron chi connectivity index (χ2n) is 4.38. The minimum Gasteiger partial charge on any atom is -0.208 e. The minimum absolute atomic E-state index is 0.104. The molecule has 1 aromatic carbocycles. The molecular formula is C12H17Cl2NO2S. The first-order valence-corrected chi connectivity index (χ1v) is 8.11. The Bertz CT molecular complexity index is 489. The molecule has 0 aromatic heterocycles. The SMILES string of the molecule is CC(C)C(CCCl)NS(=O)(=O)c1ccccc1Cl. The van der Waals surface area contributed by atoms with Crippen molar-refractivity contribution < 1.29 is 8.42 Å². The summed E-state index contributed by atoms with van der Waals surface area (Å²) in [6.07, 6.45) is 0.586. The van der Waals surface area contributed by atoms with Gasteiger partial charge in [-0.25, -0.2) is 13.1 Å². The van der Waals surface area contributed by atoms with Crippen LogP contribution < -0.4 is 4.72 Å². The highest BCUT2D eigenvalue weighted by Crippen LogP contribution is 2.21. The zero-order valence-corrected chi connectivity index (χ0v) is 12.7. The predicted octanol–water partition coefficient (Wildman–Crippen LogP) is 3.27. The van der Waals surface area contributed by atoms with Gasteiger partial charge in [0, 0.05) is 11.9 Å². The minimum atomic E-state index is -3.60. The third-order valence-electron chi connectivity index (χ3n) is 2.66. The largest absolute Gasteiger partial charge is 0.242 e. The standard InChI is InChI=1S/C12H17Cl2NO2S/c1-9(2)11(7-8-13)15-18(16,17)12-6-4-3-5-10(12)14/h3-6,9,11,15H,7-8H2,1-2H3. The van der Waals surface area contributed by atoms with Crippen LogP contribution in [-0.2, 0) is 10.0 Å². The van der Waals surface area contributed by atoms with Crippen molar-refractivity contribution in [3.8, 4) is 0 Å². The molecule has 1 aromatic rings. The van der Waals surface area contributed by atoms with Crippen molar-refractivity contribution in [1.29, 1.82) is 0 Å². The molecule has 0 bridgehead atoms. The molecule has 0 heterocycles. The van der Waals surface area contributed by atoms with Gasteiger partial charge >= 0.3 is 0 Å². The van der Waals surface area contributed by atoms with E-state index < -0.39 is 10.0 Å². The van der Waals surface area contributed by atoms with E-state index in [-0.39, 0.29) is 21.9 Å². The molecule has 102 valence electrons. The molecule has 1 unspecified atom stereocenters. The van der Waals surface area contributed by atoms with Crippen molar-refractivity contribution in [2.24, 2.45) is 5.92 Å². The lowest BCUT2D eigenvalue weighted by atomic mass is 10.0. The predicted molar refractivity (Wildman–Crippen MR) is 75.7 cm³/mol. The van der Waals surface area contributed by atoms with E-state index in [4.69, 9.17) is 23.2 Å². The maximum Gasteiger partial charge on any atom is 0.242 e. The molecule has 6 heteroatoms. The van der Waals surface area contributed by atoms with Crippen LogP contribution in [0.4, 0.5) is 0 Å². The second-order valence-corrected chi connectivity index (χ2v) is 6.85. The lowest BCUT2D eigenvalue weighted by Gasteiger charge is -2.21. The Balaban J connectivity index is 2.97. The summed E-state index contributed by atoms with van der Waals surface area (Å²) < 4.78 is 27.1. The maximum absolute atomic E-state index is 12.2. The molecule has 0 aliphatic heterocycles. The van der Waals surface area contributed by atoms with Gasteiger partial charge < -0.3 is 0 Å². The Morgan fingerprint density at radius 3 is 2.39 bits per heavy atom. The van der Waals surface area contributed by atoms with Crippen molar-refractivity contribution in [1.82, 2.24) is 4.72 Å². The third-order valence-corrected chi connectivity index (χ3v) is 4.87. The van der Waals surface area contributed by atoms with E-state index in [0.29, 0.717) is 12.3 Å². The number of benzene rings is 1. The third kappa shape index (κ3) is 4.12. The number of hydrogen-bond donors (Lipinski definition) is 1. The van der Waals surface area contributed by atoms with Crippen LogP contribution in [0.1, 0.15) is 20.3 Å². The summed E-state index contributed by atoms with van der Waals surface area (Å²) in [7, 11) is -3.60. The average molecular weight is 310 g/mol. The summed E-state index contributed by atoms with van der Waals surface area (Å²) >= 11 is 11.6. The van der Waals surface area contributed by atoms with Crippen LogP contribution in [0.5, 0.6) is 0 Å². The highest BCUT2D eigenvalue weighted by Gasteiger charge is 2.23. The molecular weight excluding hydrogens is 293 g/mol.